The lowest BCUT2D eigenvalue weighted by atomic mass is 9.84. The second kappa shape index (κ2) is 6.59. The number of ketones is 2. The summed E-state index contributed by atoms with van der Waals surface area (Å²) < 4.78 is 2.23. The fourth-order valence-corrected chi connectivity index (χ4v) is 3.58. The van der Waals surface area contributed by atoms with Crippen LogP contribution in [0.4, 0.5) is 5.69 Å². The van der Waals surface area contributed by atoms with E-state index in [4.69, 9.17) is 0 Å². The normalized spacial score (nSPS) is 12.5. The highest BCUT2D eigenvalue weighted by molar-refractivity contribution is 9.10. The van der Waals surface area contributed by atoms with Gasteiger partial charge < -0.3 is 5.32 Å². The van der Waals surface area contributed by atoms with Crippen LogP contribution in [-0.4, -0.2) is 27.3 Å². The van der Waals surface area contributed by atoms with Crippen molar-refractivity contribution in [2.75, 3.05) is 5.32 Å². The van der Waals surface area contributed by atoms with E-state index in [-0.39, 0.29) is 22.8 Å². The lowest BCUT2D eigenvalue weighted by Crippen LogP contribution is -2.21. The van der Waals surface area contributed by atoms with E-state index in [1.54, 1.807) is 47.3 Å². The maximum absolute atomic E-state index is 12.8. The van der Waals surface area contributed by atoms with Gasteiger partial charge in [0.1, 0.15) is 0 Å². The summed E-state index contributed by atoms with van der Waals surface area (Å²) in [5.41, 5.74) is 2.09. The highest BCUT2D eigenvalue weighted by atomic mass is 79.9. The van der Waals surface area contributed by atoms with E-state index >= 15 is 0 Å². The minimum Gasteiger partial charge on any atom is -0.321 e. The molecule has 134 valence electrons. The second-order valence-electron chi connectivity index (χ2n) is 6.10. The number of rotatable bonds is 3. The Morgan fingerprint density at radius 2 is 1.67 bits per heavy atom. The standard InChI is InChI=1S/C20H14BrN3O3/c1-2-24-10-16(21)17(23-24)20(27)22-11-7-8-14-15(9-11)19(26)13-6-4-3-5-12(13)18(14)25/h3-10H,2H2,1H3,(H,22,27). The van der Waals surface area contributed by atoms with E-state index in [0.29, 0.717) is 33.4 Å². The lowest BCUT2D eigenvalue weighted by molar-refractivity contribution is 0.0979. The Morgan fingerprint density at radius 3 is 2.30 bits per heavy atom. The number of hydrogen-bond acceptors (Lipinski definition) is 4. The van der Waals surface area contributed by atoms with Gasteiger partial charge in [0.2, 0.25) is 0 Å². The fraction of sp³-hybridized carbons (Fsp3) is 0.100. The molecule has 0 atom stereocenters. The van der Waals surface area contributed by atoms with Crippen LogP contribution >= 0.6 is 15.9 Å². The van der Waals surface area contributed by atoms with Crippen LogP contribution in [0.25, 0.3) is 0 Å². The number of hydrogen-bond donors (Lipinski definition) is 1. The monoisotopic (exact) mass is 423 g/mol. The molecule has 2 aromatic carbocycles. The zero-order valence-electron chi connectivity index (χ0n) is 14.3. The summed E-state index contributed by atoms with van der Waals surface area (Å²) in [6.45, 7) is 2.56. The fourth-order valence-electron chi connectivity index (χ4n) is 3.08. The van der Waals surface area contributed by atoms with Crippen molar-refractivity contribution in [2.45, 2.75) is 13.5 Å². The largest absolute Gasteiger partial charge is 0.321 e. The summed E-state index contributed by atoms with van der Waals surface area (Å²) in [5, 5.41) is 6.94. The summed E-state index contributed by atoms with van der Waals surface area (Å²) in [6, 6.07) is 11.5. The number of aromatic nitrogens is 2. The number of amides is 1. The molecule has 3 aromatic rings. The third-order valence-corrected chi connectivity index (χ3v) is 5.02. The van der Waals surface area contributed by atoms with Crippen LogP contribution in [0, 0.1) is 0 Å². The summed E-state index contributed by atoms with van der Waals surface area (Å²) in [5.74, 6) is -0.820. The number of fused-ring (bicyclic) bond motifs is 2. The smallest absolute Gasteiger partial charge is 0.277 e. The minimum atomic E-state index is -0.399. The molecule has 0 radical (unpaired) electrons. The van der Waals surface area contributed by atoms with Gasteiger partial charge in [-0.05, 0) is 41.1 Å². The Kier molecular flexibility index (Phi) is 4.24. The molecule has 1 N–H and O–H groups in total. The quantitative estimate of drug-likeness (QED) is 0.544. The lowest BCUT2D eigenvalue weighted by Gasteiger charge is -2.18. The molecule has 1 aliphatic rings. The van der Waals surface area contributed by atoms with Gasteiger partial charge in [0.05, 0.1) is 4.47 Å². The van der Waals surface area contributed by atoms with Crippen LogP contribution in [0.2, 0.25) is 0 Å². The second-order valence-corrected chi connectivity index (χ2v) is 6.95. The van der Waals surface area contributed by atoms with Gasteiger partial charge in [0.25, 0.3) is 5.91 Å². The van der Waals surface area contributed by atoms with Crippen LogP contribution < -0.4 is 5.32 Å². The molecular weight excluding hydrogens is 410 g/mol. The van der Waals surface area contributed by atoms with Gasteiger partial charge in [-0.2, -0.15) is 5.10 Å². The van der Waals surface area contributed by atoms with Crippen LogP contribution in [0.3, 0.4) is 0 Å². The molecule has 0 fully saturated rings. The van der Waals surface area contributed by atoms with Crippen molar-refractivity contribution in [3.8, 4) is 0 Å². The van der Waals surface area contributed by atoms with Crippen molar-refractivity contribution in [1.82, 2.24) is 9.78 Å². The van der Waals surface area contributed by atoms with Gasteiger partial charge in [-0.25, -0.2) is 0 Å². The van der Waals surface area contributed by atoms with Gasteiger partial charge in [-0.3, -0.25) is 19.1 Å². The molecule has 1 amide bonds. The van der Waals surface area contributed by atoms with E-state index in [2.05, 4.69) is 26.3 Å². The van der Waals surface area contributed by atoms with Crippen LogP contribution in [-0.2, 0) is 6.54 Å². The number of carbonyl (C=O) groups is 3. The van der Waals surface area contributed by atoms with Crippen molar-refractivity contribution in [3.05, 3.63) is 81.1 Å². The molecule has 27 heavy (non-hydrogen) atoms. The first-order valence-corrected chi connectivity index (χ1v) is 9.15. The highest BCUT2D eigenvalue weighted by Gasteiger charge is 2.29. The van der Waals surface area contributed by atoms with Crippen molar-refractivity contribution >= 4 is 39.1 Å². The Labute approximate surface area is 163 Å². The minimum absolute atomic E-state index is 0.192. The molecule has 1 aromatic heterocycles. The average Bonchev–Trinajstić information content (AvgIpc) is 3.07. The van der Waals surface area contributed by atoms with Crippen LogP contribution in [0.15, 0.2) is 53.1 Å². The first-order valence-electron chi connectivity index (χ1n) is 8.36. The number of aryl methyl sites for hydroxylation is 1. The number of nitrogens with zero attached hydrogens (tertiary/aromatic N) is 2. The maximum atomic E-state index is 12.8. The molecule has 0 saturated carbocycles. The van der Waals surface area contributed by atoms with Gasteiger partial charge in [0, 0.05) is 40.7 Å². The van der Waals surface area contributed by atoms with E-state index < -0.39 is 5.91 Å². The van der Waals surface area contributed by atoms with E-state index in [1.807, 2.05) is 6.92 Å². The van der Waals surface area contributed by atoms with Gasteiger partial charge in [0.15, 0.2) is 17.3 Å². The Hall–Kier alpha value is -3.06. The molecule has 1 heterocycles. The van der Waals surface area contributed by atoms with Gasteiger partial charge in [-0.1, -0.05) is 24.3 Å². The molecule has 1 aliphatic carbocycles. The molecule has 6 nitrogen and oxygen atoms in total. The molecule has 7 heteroatoms. The summed E-state index contributed by atoms with van der Waals surface area (Å²) in [6.07, 6.45) is 1.72. The summed E-state index contributed by atoms with van der Waals surface area (Å²) in [4.78, 5) is 37.9. The van der Waals surface area contributed by atoms with Crippen molar-refractivity contribution < 1.29 is 14.4 Å². The first-order chi connectivity index (χ1) is 13.0. The number of halogens is 1. The van der Waals surface area contributed by atoms with Crippen LogP contribution in [0.5, 0.6) is 0 Å². The third kappa shape index (κ3) is 2.90. The number of anilines is 1. The average molecular weight is 424 g/mol. The number of carbonyl (C=O) groups excluding carboxylic acids is 3. The Morgan fingerprint density at radius 1 is 1.04 bits per heavy atom. The SMILES string of the molecule is CCn1cc(Br)c(C(=O)Nc2ccc3c(c2)C(=O)c2ccccc2C3=O)n1. The van der Waals surface area contributed by atoms with Crippen LogP contribution in [0.1, 0.15) is 49.3 Å². The highest BCUT2D eigenvalue weighted by Crippen LogP contribution is 2.29. The summed E-state index contributed by atoms with van der Waals surface area (Å²) >= 11 is 3.32. The van der Waals surface area contributed by atoms with Crippen molar-refractivity contribution in [1.29, 1.82) is 0 Å². The molecule has 0 bridgehead atoms. The van der Waals surface area contributed by atoms with Crippen molar-refractivity contribution in [2.24, 2.45) is 0 Å². The zero-order chi connectivity index (χ0) is 19.1. The summed E-state index contributed by atoms with van der Waals surface area (Å²) in [7, 11) is 0. The number of nitrogens with one attached hydrogen (secondary N) is 1. The maximum Gasteiger partial charge on any atom is 0.277 e. The number of benzene rings is 2. The molecular formula is C20H14BrN3O3. The third-order valence-electron chi connectivity index (χ3n) is 4.44. The molecule has 0 unspecified atom stereocenters. The zero-order valence-corrected chi connectivity index (χ0v) is 15.9. The van der Waals surface area contributed by atoms with E-state index in [0.717, 1.165) is 0 Å². The molecule has 0 saturated heterocycles. The first kappa shape index (κ1) is 17.4. The van der Waals surface area contributed by atoms with Gasteiger partial charge >= 0.3 is 0 Å². The van der Waals surface area contributed by atoms with E-state index in [1.165, 1.54) is 6.07 Å². The molecule has 0 spiro atoms. The van der Waals surface area contributed by atoms with E-state index in [9.17, 15) is 14.4 Å². The Balaban J connectivity index is 1.67. The topological polar surface area (TPSA) is 81.1 Å². The predicted octanol–water partition coefficient (Wildman–Crippen LogP) is 3.69. The molecule has 0 aliphatic heterocycles. The van der Waals surface area contributed by atoms with Gasteiger partial charge in [-0.15, -0.1) is 0 Å². The Bertz CT molecular complexity index is 1120. The van der Waals surface area contributed by atoms with Crippen molar-refractivity contribution in [3.63, 3.8) is 0 Å². The predicted molar refractivity (Wildman–Crippen MR) is 103 cm³/mol. The molecule has 4 rings (SSSR count).